The maximum absolute atomic E-state index is 13.2. The minimum atomic E-state index is -0.921. The minimum Gasteiger partial charge on any atom is -0.342 e. The molecule has 1 aromatic carbocycles. The van der Waals surface area contributed by atoms with Crippen LogP contribution >= 0.6 is 0 Å². The molecule has 0 bridgehead atoms. The molecule has 0 spiro atoms. The van der Waals surface area contributed by atoms with Crippen LogP contribution in [0.25, 0.3) is 0 Å². The Morgan fingerprint density at radius 1 is 1.18 bits per heavy atom. The fourth-order valence-electron chi connectivity index (χ4n) is 4.31. The van der Waals surface area contributed by atoms with E-state index in [1.165, 1.54) is 5.01 Å². The summed E-state index contributed by atoms with van der Waals surface area (Å²) in [5.74, 6) is 0.0568. The summed E-state index contributed by atoms with van der Waals surface area (Å²) in [5.41, 5.74) is 1.06. The van der Waals surface area contributed by atoms with E-state index >= 15 is 0 Å². The lowest BCUT2D eigenvalue weighted by molar-refractivity contribution is -0.134. The topological polar surface area (TPSA) is 103 Å². The van der Waals surface area contributed by atoms with Crippen molar-refractivity contribution < 1.29 is 14.4 Å². The molecular weight excluding hydrogens is 418 g/mol. The molecule has 1 aliphatic heterocycles. The molecular formula is C25H37N5O3. The van der Waals surface area contributed by atoms with Crippen molar-refractivity contribution in [1.82, 2.24) is 15.6 Å². The van der Waals surface area contributed by atoms with E-state index in [0.29, 0.717) is 30.9 Å². The summed E-state index contributed by atoms with van der Waals surface area (Å²) in [5, 5.41) is 14.6. The van der Waals surface area contributed by atoms with Crippen molar-refractivity contribution in [2.24, 2.45) is 16.4 Å². The highest BCUT2D eigenvalue weighted by Crippen LogP contribution is 2.31. The number of fused-ring (bicyclic) bond motifs is 1. The number of rotatable bonds is 7. The first-order valence-corrected chi connectivity index (χ1v) is 11.9. The van der Waals surface area contributed by atoms with Crippen LogP contribution in [-0.4, -0.2) is 40.8 Å². The Bertz CT molecular complexity index is 926. The first-order chi connectivity index (χ1) is 15.5. The highest BCUT2D eigenvalue weighted by Gasteiger charge is 2.42. The highest BCUT2D eigenvalue weighted by molar-refractivity contribution is 6.12. The van der Waals surface area contributed by atoms with E-state index in [1.807, 2.05) is 45.0 Å². The fourth-order valence-corrected chi connectivity index (χ4v) is 4.31. The van der Waals surface area contributed by atoms with Crippen LogP contribution in [-0.2, 0) is 9.59 Å². The minimum absolute atomic E-state index is 0.0815. The van der Waals surface area contributed by atoms with Crippen LogP contribution in [0, 0.1) is 11.3 Å². The average Bonchev–Trinajstić information content (AvgIpc) is 3.15. The zero-order valence-electron chi connectivity index (χ0n) is 20.5. The number of carbonyl (C=O) groups is 3. The Balaban J connectivity index is 1.75. The molecule has 3 N–H and O–H groups in total. The maximum Gasteiger partial charge on any atom is 0.344 e. The third kappa shape index (κ3) is 5.92. The van der Waals surface area contributed by atoms with E-state index < -0.39 is 11.6 Å². The lowest BCUT2D eigenvalue weighted by Gasteiger charge is -2.30. The third-order valence-corrected chi connectivity index (χ3v) is 6.20. The third-order valence-electron chi connectivity index (χ3n) is 6.20. The van der Waals surface area contributed by atoms with Gasteiger partial charge in [-0.3, -0.25) is 9.59 Å². The van der Waals surface area contributed by atoms with Crippen LogP contribution in [0.5, 0.6) is 0 Å². The highest BCUT2D eigenvalue weighted by atomic mass is 16.2. The Morgan fingerprint density at radius 2 is 1.85 bits per heavy atom. The van der Waals surface area contributed by atoms with E-state index in [9.17, 15) is 14.4 Å². The molecule has 1 aliphatic carbocycles. The molecule has 1 heterocycles. The van der Waals surface area contributed by atoms with Crippen molar-refractivity contribution in [3.63, 3.8) is 0 Å². The van der Waals surface area contributed by atoms with Crippen LogP contribution < -0.4 is 16.0 Å². The van der Waals surface area contributed by atoms with Gasteiger partial charge in [0.2, 0.25) is 11.8 Å². The lowest BCUT2D eigenvalue weighted by Crippen LogP contribution is -2.58. The zero-order valence-corrected chi connectivity index (χ0v) is 20.5. The molecule has 8 nitrogen and oxygen atoms in total. The number of hydrogen-bond acceptors (Lipinski definition) is 4. The van der Waals surface area contributed by atoms with Crippen LogP contribution in [0.4, 0.5) is 10.5 Å². The average molecular weight is 456 g/mol. The van der Waals surface area contributed by atoms with Gasteiger partial charge in [-0.2, -0.15) is 10.1 Å². The summed E-state index contributed by atoms with van der Waals surface area (Å²) >= 11 is 0. The Kier molecular flexibility index (Phi) is 7.44. The number of anilines is 1. The number of carbonyl (C=O) groups excluding carboxylic acids is 3. The molecule has 0 radical (unpaired) electrons. The second kappa shape index (κ2) is 9.93. The number of amides is 4. The number of nitrogens with zero attached hydrogens (tertiary/aromatic N) is 2. The van der Waals surface area contributed by atoms with Gasteiger partial charge >= 0.3 is 6.03 Å². The first-order valence-electron chi connectivity index (χ1n) is 11.9. The van der Waals surface area contributed by atoms with E-state index in [1.54, 1.807) is 0 Å². The van der Waals surface area contributed by atoms with Gasteiger partial charge in [-0.05, 0) is 31.2 Å². The van der Waals surface area contributed by atoms with Crippen molar-refractivity contribution in [3.8, 4) is 0 Å². The number of para-hydroxylation sites is 1. The van der Waals surface area contributed by atoms with E-state index in [-0.39, 0.29) is 23.9 Å². The smallest absolute Gasteiger partial charge is 0.342 e. The number of benzene rings is 1. The molecule has 0 atom stereocenters. The van der Waals surface area contributed by atoms with Gasteiger partial charge in [-0.1, -0.05) is 65.7 Å². The zero-order chi connectivity index (χ0) is 24.2. The summed E-state index contributed by atoms with van der Waals surface area (Å²) in [4.78, 5) is 38.6. The summed E-state index contributed by atoms with van der Waals surface area (Å²) in [6.07, 6.45) is 4.13. The van der Waals surface area contributed by atoms with Gasteiger partial charge < -0.3 is 16.0 Å². The molecule has 33 heavy (non-hydrogen) atoms. The molecule has 0 aromatic heterocycles. The summed E-state index contributed by atoms with van der Waals surface area (Å²) in [6, 6.07) is 7.14. The van der Waals surface area contributed by atoms with Crippen LogP contribution in [0.15, 0.2) is 29.4 Å². The van der Waals surface area contributed by atoms with Crippen LogP contribution in [0.2, 0.25) is 0 Å². The number of nitrogens with one attached hydrogen (secondary N) is 3. The Hall–Kier alpha value is -2.90. The van der Waals surface area contributed by atoms with Gasteiger partial charge in [0, 0.05) is 17.4 Å². The largest absolute Gasteiger partial charge is 0.344 e. The van der Waals surface area contributed by atoms with Gasteiger partial charge in [0.1, 0.15) is 12.2 Å². The second-order valence-corrected chi connectivity index (χ2v) is 10.5. The van der Waals surface area contributed by atoms with Crippen molar-refractivity contribution in [1.29, 1.82) is 0 Å². The Morgan fingerprint density at radius 3 is 2.48 bits per heavy atom. The summed E-state index contributed by atoms with van der Waals surface area (Å²) < 4.78 is 0. The lowest BCUT2D eigenvalue weighted by atomic mass is 9.85. The Labute approximate surface area is 196 Å². The molecule has 180 valence electrons. The molecule has 8 heteroatoms. The summed E-state index contributed by atoms with van der Waals surface area (Å²) in [7, 11) is 0. The molecule has 1 saturated carbocycles. The second-order valence-electron chi connectivity index (χ2n) is 10.5. The van der Waals surface area contributed by atoms with Crippen molar-refractivity contribution in [3.05, 3.63) is 29.8 Å². The SMILES string of the molecule is CC(C)CCC(=O)NC1(C(=O)NCN2N=C(C(C)(C)C)c3ccccc3NC2=O)CCCC1. The van der Waals surface area contributed by atoms with Crippen molar-refractivity contribution in [2.45, 2.75) is 78.7 Å². The fraction of sp³-hybridized carbons (Fsp3) is 0.600. The van der Waals surface area contributed by atoms with E-state index in [2.05, 4.69) is 34.9 Å². The molecule has 0 saturated heterocycles. The predicted molar refractivity (Wildman–Crippen MR) is 130 cm³/mol. The predicted octanol–water partition coefficient (Wildman–Crippen LogP) is 4.22. The molecule has 2 aliphatic rings. The van der Waals surface area contributed by atoms with E-state index in [0.717, 1.165) is 30.5 Å². The van der Waals surface area contributed by atoms with Crippen molar-refractivity contribution in [2.75, 3.05) is 12.0 Å². The molecule has 3 rings (SSSR count). The van der Waals surface area contributed by atoms with Gasteiger partial charge in [-0.15, -0.1) is 0 Å². The molecule has 1 fully saturated rings. The van der Waals surface area contributed by atoms with Crippen LogP contribution in [0.1, 0.15) is 78.7 Å². The van der Waals surface area contributed by atoms with E-state index in [4.69, 9.17) is 0 Å². The first kappa shape index (κ1) is 24.7. The normalized spacial score (nSPS) is 17.7. The standard InChI is InChI=1S/C25H37N5O3/c1-17(2)12-13-20(31)28-25(14-8-9-15-25)22(32)26-16-30-23(33)27-19-11-7-6-10-18(19)21(29-30)24(3,4)5/h6-7,10-11,17H,8-9,12-16H2,1-5H3,(H,26,32)(H,27,33)(H,28,31). The number of hydrazone groups is 1. The van der Waals surface area contributed by atoms with Gasteiger partial charge in [0.05, 0.1) is 11.4 Å². The summed E-state index contributed by atoms with van der Waals surface area (Å²) in [6.45, 7) is 10.2. The maximum atomic E-state index is 13.2. The van der Waals surface area contributed by atoms with Gasteiger partial charge in [0.15, 0.2) is 0 Å². The van der Waals surface area contributed by atoms with Crippen LogP contribution in [0.3, 0.4) is 0 Å². The van der Waals surface area contributed by atoms with Gasteiger partial charge in [-0.25, -0.2) is 4.79 Å². The van der Waals surface area contributed by atoms with Gasteiger partial charge in [0.25, 0.3) is 0 Å². The number of hydrogen-bond donors (Lipinski definition) is 3. The number of urea groups is 1. The monoisotopic (exact) mass is 455 g/mol. The molecule has 4 amide bonds. The quantitative estimate of drug-likeness (QED) is 0.573. The molecule has 1 aromatic rings. The molecule has 0 unspecified atom stereocenters. The van der Waals surface area contributed by atoms with Crippen molar-refractivity contribution >= 4 is 29.2 Å².